The number of rotatable bonds is 1. The van der Waals surface area contributed by atoms with Gasteiger partial charge in [0.25, 0.3) is 5.09 Å². The number of guanidine groups is 1. The fourth-order valence-corrected chi connectivity index (χ4v) is 1.76. The summed E-state index contributed by atoms with van der Waals surface area (Å²) in [5.41, 5.74) is 8.17. The molecule has 21 heavy (non-hydrogen) atoms. The van der Waals surface area contributed by atoms with E-state index in [0.717, 1.165) is 21.7 Å². The van der Waals surface area contributed by atoms with E-state index in [9.17, 15) is 4.79 Å². The van der Waals surface area contributed by atoms with Gasteiger partial charge in [-0.25, -0.2) is 4.79 Å². The maximum Gasteiger partial charge on any atom is 0.330 e. The Bertz CT molecular complexity index is 522. The van der Waals surface area contributed by atoms with Gasteiger partial charge in [-0.15, -0.1) is 10.1 Å². The maximum absolute atomic E-state index is 12.0. The van der Waals surface area contributed by atoms with Gasteiger partial charge in [0, 0.05) is 14.1 Å². The molecule has 0 atom stereocenters. The lowest BCUT2D eigenvalue weighted by Gasteiger charge is -2.26. The van der Waals surface area contributed by atoms with E-state index < -0.39 is 5.09 Å². The van der Waals surface area contributed by atoms with Gasteiger partial charge in [0.15, 0.2) is 5.96 Å². The maximum atomic E-state index is 12.0. The molecule has 116 valence electrons. The molecule has 0 saturated heterocycles. The number of carbonyl (C=O) groups excluding carboxylic acids is 1. The van der Waals surface area contributed by atoms with Gasteiger partial charge >= 0.3 is 6.03 Å². The number of hydrogen-bond acceptors (Lipinski definition) is 4. The fourth-order valence-electron chi connectivity index (χ4n) is 1.76. The molecule has 1 rings (SSSR count). The number of anilines is 1. The summed E-state index contributed by atoms with van der Waals surface area (Å²) < 4.78 is 0. The van der Waals surface area contributed by atoms with Crippen LogP contribution in [0.4, 0.5) is 10.5 Å². The van der Waals surface area contributed by atoms with Gasteiger partial charge in [-0.1, -0.05) is 18.2 Å². The molecule has 2 amide bonds. The van der Waals surface area contributed by atoms with Crippen molar-refractivity contribution in [3.05, 3.63) is 39.4 Å². The van der Waals surface area contributed by atoms with Crippen molar-refractivity contribution < 1.29 is 15.1 Å². The highest BCUT2D eigenvalue weighted by atomic mass is 16.9. The lowest BCUT2D eigenvalue weighted by molar-refractivity contribution is -0.742. The lowest BCUT2D eigenvalue weighted by atomic mass is 10.1. The zero-order valence-electron chi connectivity index (χ0n) is 12.3. The van der Waals surface area contributed by atoms with Crippen molar-refractivity contribution in [2.75, 3.05) is 19.0 Å². The number of para-hydroxylation sites is 1. The number of nitrogens with zero attached hydrogens (tertiary/aromatic N) is 3. The summed E-state index contributed by atoms with van der Waals surface area (Å²) in [5, 5.41) is 20.9. The van der Waals surface area contributed by atoms with E-state index in [1.165, 1.54) is 11.9 Å². The molecular formula is C12H19N5O4. The molecule has 0 radical (unpaired) electrons. The number of benzene rings is 1. The van der Waals surface area contributed by atoms with Crippen LogP contribution in [0.2, 0.25) is 0 Å². The van der Waals surface area contributed by atoms with Gasteiger partial charge in [-0.3, -0.25) is 15.2 Å². The van der Waals surface area contributed by atoms with Crippen molar-refractivity contribution in [3.8, 4) is 0 Å². The number of nitrogens with one attached hydrogen (secondary N) is 1. The van der Waals surface area contributed by atoms with E-state index in [2.05, 4.69) is 0 Å². The standard InChI is InChI=1S/C12H18N4O.HNO3/c1-8-6-5-7-9(2)10(8)15(3)12(17)16(4)11(13)14;2-1(3)4/h5-7H,1-4H3,(H3,13,14);(H,2,3,4). The summed E-state index contributed by atoms with van der Waals surface area (Å²) in [6.07, 6.45) is 0. The van der Waals surface area contributed by atoms with Gasteiger partial charge in [0.1, 0.15) is 0 Å². The Balaban J connectivity index is 0.000000885. The molecule has 0 saturated carbocycles. The zero-order chi connectivity index (χ0) is 16.7. The van der Waals surface area contributed by atoms with Crippen LogP contribution in [0.15, 0.2) is 18.2 Å². The second-order valence-corrected chi connectivity index (χ2v) is 4.26. The fraction of sp³-hybridized carbons (Fsp3) is 0.333. The number of hydrogen-bond donors (Lipinski definition) is 3. The van der Waals surface area contributed by atoms with Crippen LogP contribution < -0.4 is 10.6 Å². The highest BCUT2D eigenvalue weighted by Gasteiger charge is 2.20. The molecule has 9 nitrogen and oxygen atoms in total. The summed E-state index contributed by atoms with van der Waals surface area (Å²) in [7, 11) is 3.16. The summed E-state index contributed by atoms with van der Waals surface area (Å²) in [4.78, 5) is 23.0. The van der Waals surface area contributed by atoms with Crippen LogP contribution in [0.3, 0.4) is 0 Å². The topological polar surface area (TPSA) is 137 Å². The van der Waals surface area contributed by atoms with Crippen LogP contribution in [-0.2, 0) is 0 Å². The molecule has 4 N–H and O–H groups in total. The van der Waals surface area contributed by atoms with E-state index in [4.69, 9.17) is 26.5 Å². The Hall–Kier alpha value is -2.84. The predicted molar refractivity (Wildman–Crippen MR) is 78.2 cm³/mol. The third-order valence-corrected chi connectivity index (χ3v) is 2.71. The molecule has 0 spiro atoms. The lowest BCUT2D eigenvalue weighted by Crippen LogP contribution is -2.45. The summed E-state index contributed by atoms with van der Waals surface area (Å²) in [5.74, 6) is -0.270. The van der Waals surface area contributed by atoms with E-state index in [-0.39, 0.29) is 12.0 Å². The van der Waals surface area contributed by atoms with Crippen molar-refractivity contribution in [1.82, 2.24) is 4.90 Å². The number of amides is 2. The molecule has 0 aromatic heterocycles. The van der Waals surface area contributed by atoms with Crippen LogP contribution in [0.1, 0.15) is 11.1 Å². The van der Waals surface area contributed by atoms with E-state index in [0.29, 0.717) is 0 Å². The highest BCUT2D eigenvalue weighted by molar-refractivity contribution is 6.02. The molecule has 0 unspecified atom stereocenters. The minimum absolute atomic E-state index is 0.270. The first-order valence-corrected chi connectivity index (χ1v) is 5.84. The minimum Gasteiger partial charge on any atom is -0.370 e. The Morgan fingerprint density at radius 3 is 2.05 bits per heavy atom. The highest BCUT2D eigenvalue weighted by Crippen LogP contribution is 2.23. The Kier molecular flexibility index (Phi) is 6.64. The summed E-state index contributed by atoms with van der Waals surface area (Å²) >= 11 is 0. The Morgan fingerprint density at radius 1 is 1.33 bits per heavy atom. The second-order valence-electron chi connectivity index (χ2n) is 4.26. The normalized spacial score (nSPS) is 9.14. The van der Waals surface area contributed by atoms with Crippen LogP contribution in [0.25, 0.3) is 0 Å². The quantitative estimate of drug-likeness (QED) is 0.311. The molecule has 0 bridgehead atoms. The summed E-state index contributed by atoms with van der Waals surface area (Å²) in [6, 6.07) is 5.51. The Labute approximate surface area is 122 Å². The smallest absolute Gasteiger partial charge is 0.330 e. The van der Waals surface area contributed by atoms with Gasteiger partial charge in [-0.2, -0.15) is 0 Å². The van der Waals surface area contributed by atoms with Crippen molar-refractivity contribution in [2.45, 2.75) is 13.8 Å². The average molecular weight is 297 g/mol. The molecule has 0 aliphatic carbocycles. The number of aryl methyl sites for hydroxylation is 2. The molecule has 1 aromatic rings. The van der Waals surface area contributed by atoms with Gasteiger partial charge < -0.3 is 10.9 Å². The molecule has 0 fully saturated rings. The molecular weight excluding hydrogens is 278 g/mol. The SMILES string of the molecule is Cc1cccc(C)c1N(C)C(=O)N(C)C(=N)N.O=[N+]([O-])O. The van der Waals surface area contributed by atoms with E-state index in [1.54, 1.807) is 7.05 Å². The molecule has 0 aliphatic rings. The first-order valence-electron chi connectivity index (χ1n) is 5.84. The second kappa shape index (κ2) is 7.68. The Morgan fingerprint density at radius 2 is 1.71 bits per heavy atom. The number of carbonyl (C=O) groups is 1. The van der Waals surface area contributed by atoms with E-state index >= 15 is 0 Å². The van der Waals surface area contributed by atoms with Crippen LogP contribution in [0.5, 0.6) is 0 Å². The minimum atomic E-state index is -1.50. The third-order valence-electron chi connectivity index (χ3n) is 2.71. The average Bonchev–Trinajstić information content (AvgIpc) is 2.35. The largest absolute Gasteiger partial charge is 0.370 e. The van der Waals surface area contributed by atoms with Gasteiger partial charge in [0.2, 0.25) is 0 Å². The zero-order valence-corrected chi connectivity index (χ0v) is 12.3. The monoisotopic (exact) mass is 297 g/mol. The van der Waals surface area contributed by atoms with Crippen molar-refractivity contribution >= 4 is 17.7 Å². The first-order chi connectivity index (χ1) is 9.59. The molecule has 0 aliphatic heterocycles. The van der Waals surface area contributed by atoms with Crippen LogP contribution in [0, 0.1) is 29.4 Å². The van der Waals surface area contributed by atoms with Gasteiger partial charge in [-0.05, 0) is 25.0 Å². The van der Waals surface area contributed by atoms with Crippen molar-refractivity contribution in [2.24, 2.45) is 5.73 Å². The van der Waals surface area contributed by atoms with Gasteiger partial charge in [0.05, 0.1) is 5.69 Å². The number of nitrogens with two attached hydrogens (primary N) is 1. The number of urea groups is 1. The van der Waals surface area contributed by atoms with Crippen LogP contribution in [-0.4, -0.2) is 41.3 Å². The first kappa shape index (κ1) is 18.2. The van der Waals surface area contributed by atoms with Crippen LogP contribution >= 0.6 is 0 Å². The molecule has 1 aromatic carbocycles. The molecule has 0 heterocycles. The van der Waals surface area contributed by atoms with Crippen molar-refractivity contribution in [1.29, 1.82) is 5.41 Å². The predicted octanol–water partition coefficient (Wildman–Crippen LogP) is 1.34. The third kappa shape index (κ3) is 5.35. The summed E-state index contributed by atoms with van der Waals surface area (Å²) in [6.45, 7) is 3.89. The van der Waals surface area contributed by atoms with Crippen molar-refractivity contribution in [3.63, 3.8) is 0 Å². The van der Waals surface area contributed by atoms with E-state index in [1.807, 2.05) is 32.0 Å². The molecule has 9 heteroatoms.